The number of Topliss-reactive ketones (excluding diaryl/α,β-unsaturated/α-hetero) is 1. The molecule has 0 saturated carbocycles. The Bertz CT molecular complexity index is 1200. The van der Waals surface area contributed by atoms with Crippen LogP contribution in [0.2, 0.25) is 0 Å². The maximum Gasteiger partial charge on any atom is 0.181 e. The highest BCUT2D eigenvalue weighted by Crippen LogP contribution is 2.31. The third-order valence-corrected chi connectivity index (χ3v) is 4.83. The number of hydrogen-bond donors (Lipinski definition) is 1. The maximum atomic E-state index is 12.2. The van der Waals surface area contributed by atoms with Crippen LogP contribution in [-0.4, -0.2) is 37.4 Å². The highest BCUT2D eigenvalue weighted by Gasteiger charge is 2.15. The average molecular weight is 375 g/mol. The van der Waals surface area contributed by atoms with Crippen molar-refractivity contribution in [1.29, 1.82) is 0 Å². The van der Waals surface area contributed by atoms with Gasteiger partial charge in [-0.15, -0.1) is 0 Å². The first-order valence-electron chi connectivity index (χ1n) is 9.18. The molecule has 0 atom stereocenters. The van der Waals surface area contributed by atoms with Crippen molar-refractivity contribution in [3.63, 3.8) is 0 Å². The monoisotopic (exact) mass is 375 g/mol. The molecule has 7 heteroatoms. The molecule has 4 heterocycles. The molecular formula is C21H21N5O2. The van der Waals surface area contributed by atoms with Gasteiger partial charge in [-0.1, -0.05) is 6.92 Å². The van der Waals surface area contributed by atoms with Gasteiger partial charge in [0.05, 0.1) is 5.52 Å². The Hall–Kier alpha value is -3.32. The van der Waals surface area contributed by atoms with Gasteiger partial charge in [0.15, 0.2) is 11.6 Å². The van der Waals surface area contributed by atoms with Crippen LogP contribution in [0.5, 0.6) is 0 Å². The highest BCUT2D eigenvalue weighted by molar-refractivity contribution is 5.96. The summed E-state index contributed by atoms with van der Waals surface area (Å²) in [5, 5.41) is 11.6. The number of hydrogen-bond acceptors (Lipinski definition) is 6. The molecule has 28 heavy (non-hydrogen) atoms. The first-order valence-corrected chi connectivity index (χ1v) is 9.18. The number of nitrogens with zero attached hydrogens (tertiary/aromatic N) is 5. The van der Waals surface area contributed by atoms with Crippen molar-refractivity contribution in [3.8, 4) is 11.1 Å². The van der Waals surface area contributed by atoms with Crippen LogP contribution in [0.1, 0.15) is 35.8 Å². The van der Waals surface area contributed by atoms with Crippen LogP contribution < -0.4 is 5.06 Å². The lowest BCUT2D eigenvalue weighted by atomic mass is 10.0. The number of aryl methyl sites for hydroxylation is 1. The van der Waals surface area contributed by atoms with E-state index in [4.69, 9.17) is 0 Å². The first-order chi connectivity index (χ1) is 13.5. The minimum absolute atomic E-state index is 0.0615. The predicted octanol–water partition coefficient (Wildman–Crippen LogP) is 4.06. The van der Waals surface area contributed by atoms with E-state index in [0.717, 1.165) is 44.7 Å². The predicted molar refractivity (Wildman–Crippen MR) is 108 cm³/mol. The molecule has 0 aromatic carbocycles. The summed E-state index contributed by atoms with van der Waals surface area (Å²) in [6, 6.07) is 5.67. The summed E-state index contributed by atoms with van der Waals surface area (Å²) >= 11 is 0. The third kappa shape index (κ3) is 2.99. The highest BCUT2D eigenvalue weighted by atomic mass is 16.5. The molecule has 0 saturated heterocycles. The Balaban J connectivity index is 1.90. The second kappa shape index (κ2) is 7.01. The van der Waals surface area contributed by atoms with Crippen molar-refractivity contribution >= 4 is 28.2 Å². The zero-order valence-corrected chi connectivity index (χ0v) is 16.0. The Kier molecular flexibility index (Phi) is 4.52. The van der Waals surface area contributed by atoms with Crippen molar-refractivity contribution in [2.75, 3.05) is 12.1 Å². The van der Waals surface area contributed by atoms with Gasteiger partial charge in [0.25, 0.3) is 0 Å². The van der Waals surface area contributed by atoms with Gasteiger partial charge in [-0.3, -0.25) is 19.4 Å². The molecule has 0 amide bonds. The number of imidazole rings is 1. The fourth-order valence-corrected chi connectivity index (χ4v) is 3.40. The Morgan fingerprint density at radius 3 is 2.68 bits per heavy atom. The number of ketones is 1. The summed E-state index contributed by atoms with van der Waals surface area (Å²) in [6.07, 6.45) is 8.39. The van der Waals surface area contributed by atoms with E-state index in [9.17, 15) is 10.0 Å². The number of anilines is 1. The van der Waals surface area contributed by atoms with Crippen molar-refractivity contribution in [2.45, 2.75) is 26.7 Å². The van der Waals surface area contributed by atoms with E-state index in [1.165, 1.54) is 7.05 Å². The average Bonchev–Trinajstić information content (AvgIpc) is 3.17. The third-order valence-electron chi connectivity index (χ3n) is 4.83. The van der Waals surface area contributed by atoms with E-state index < -0.39 is 0 Å². The van der Waals surface area contributed by atoms with Gasteiger partial charge < -0.3 is 0 Å². The molecule has 4 rings (SSSR count). The van der Waals surface area contributed by atoms with Gasteiger partial charge in [-0.2, -0.15) is 0 Å². The summed E-state index contributed by atoms with van der Waals surface area (Å²) in [5.74, 6) is 0.512. The topological polar surface area (TPSA) is 83.6 Å². The number of rotatable bonds is 5. The maximum absolute atomic E-state index is 12.2. The lowest BCUT2D eigenvalue weighted by molar-refractivity contribution is 0.0977. The fourth-order valence-electron chi connectivity index (χ4n) is 3.40. The number of carbonyl (C=O) groups is 1. The van der Waals surface area contributed by atoms with Crippen molar-refractivity contribution in [1.82, 2.24) is 19.4 Å². The van der Waals surface area contributed by atoms with E-state index >= 15 is 0 Å². The molecule has 7 nitrogen and oxygen atoms in total. The second-order valence-electron chi connectivity index (χ2n) is 6.86. The molecule has 0 bridgehead atoms. The summed E-state index contributed by atoms with van der Waals surface area (Å²) in [5.41, 5.74) is 4.99. The van der Waals surface area contributed by atoms with Crippen LogP contribution >= 0.6 is 0 Å². The molecule has 1 N–H and O–H groups in total. The lowest BCUT2D eigenvalue weighted by Gasteiger charge is -2.13. The van der Waals surface area contributed by atoms with E-state index in [1.54, 1.807) is 18.6 Å². The van der Waals surface area contributed by atoms with Gasteiger partial charge in [0, 0.05) is 60.8 Å². The van der Waals surface area contributed by atoms with Crippen LogP contribution in [0.15, 0.2) is 43.0 Å². The van der Waals surface area contributed by atoms with Gasteiger partial charge in [0.1, 0.15) is 11.3 Å². The SMILES string of the molecule is CCCC(=O)c1cc(C)c(-c2cc3cnc(N(C)O)cc3n3ccnc23)cn1. The lowest BCUT2D eigenvalue weighted by Crippen LogP contribution is -2.11. The number of pyridine rings is 3. The molecule has 4 aromatic rings. The van der Waals surface area contributed by atoms with Gasteiger partial charge in [-0.25, -0.2) is 15.0 Å². The number of carbonyl (C=O) groups excluding carboxylic acids is 1. The van der Waals surface area contributed by atoms with Crippen molar-refractivity contribution in [3.05, 3.63) is 54.2 Å². The standard InChI is InChI=1S/C21H21N5O2/c1-4-5-19(27)17-8-13(2)16(12-23-17)15-9-14-11-24-20(25(3)28)10-18(14)26-7-6-22-21(15)26/h6-12,28H,4-5H2,1-3H3. The number of fused-ring (bicyclic) bond motifs is 3. The van der Waals surface area contributed by atoms with Crippen LogP contribution in [0.4, 0.5) is 5.82 Å². The summed E-state index contributed by atoms with van der Waals surface area (Å²) in [6.45, 7) is 3.96. The van der Waals surface area contributed by atoms with Crippen LogP contribution in [0.3, 0.4) is 0 Å². The van der Waals surface area contributed by atoms with Crippen molar-refractivity contribution < 1.29 is 10.0 Å². The molecule has 0 aliphatic carbocycles. The molecule has 0 unspecified atom stereocenters. The molecule has 142 valence electrons. The Labute approximate surface area is 162 Å². The number of aromatic nitrogens is 4. The molecular weight excluding hydrogens is 354 g/mol. The fraction of sp³-hybridized carbons (Fsp3) is 0.238. The minimum Gasteiger partial charge on any atom is -0.299 e. The van der Waals surface area contributed by atoms with Gasteiger partial charge in [-0.05, 0) is 31.0 Å². The quantitative estimate of drug-likeness (QED) is 0.418. The molecule has 0 radical (unpaired) electrons. The summed E-state index contributed by atoms with van der Waals surface area (Å²) in [4.78, 5) is 25.4. The normalized spacial score (nSPS) is 11.3. The number of hydroxylamine groups is 1. The van der Waals surface area contributed by atoms with Crippen LogP contribution in [0.25, 0.3) is 27.7 Å². The van der Waals surface area contributed by atoms with Gasteiger partial charge in [0.2, 0.25) is 0 Å². The zero-order valence-electron chi connectivity index (χ0n) is 16.0. The molecule has 4 aromatic heterocycles. The van der Waals surface area contributed by atoms with E-state index in [0.29, 0.717) is 17.9 Å². The summed E-state index contributed by atoms with van der Waals surface area (Å²) < 4.78 is 1.97. The van der Waals surface area contributed by atoms with Crippen molar-refractivity contribution in [2.24, 2.45) is 0 Å². The van der Waals surface area contributed by atoms with E-state index in [1.807, 2.05) is 42.6 Å². The Morgan fingerprint density at radius 2 is 1.96 bits per heavy atom. The van der Waals surface area contributed by atoms with Crippen LogP contribution in [-0.2, 0) is 0 Å². The second-order valence-corrected chi connectivity index (χ2v) is 6.86. The molecule has 0 aliphatic rings. The molecule has 0 aliphatic heterocycles. The smallest absolute Gasteiger partial charge is 0.181 e. The Morgan fingerprint density at radius 1 is 1.14 bits per heavy atom. The zero-order chi connectivity index (χ0) is 19.8. The van der Waals surface area contributed by atoms with E-state index in [-0.39, 0.29) is 5.78 Å². The molecule has 0 fully saturated rings. The van der Waals surface area contributed by atoms with E-state index in [2.05, 4.69) is 15.0 Å². The minimum atomic E-state index is 0.0615. The van der Waals surface area contributed by atoms with Crippen LogP contribution in [0, 0.1) is 6.92 Å². The molecule has 0 spiro atoms. The first kappa shape index (κ1) is 18.1. The summed E-state index contributed by atoms with van der Waals surface area (Å²) in [7, 11) is 1.53. The van der Waals surface area contributed by atoms with Gasteiger partial charge >= 0.3 is 0 Å². The largest absolute Gasteiger partial charge is 0.299 e.